The average molecular weight is 310 g/mol. The highest BCUT2D eigenvalue weighted by Gasteiger charge is 2.27. The highest BCUT2D eigenvalue weighted by Crippen LogP contribution is 2.27. The van der Waals surface area contributed by atoms with Crippen molar-refractivity contribution in [2.45, 2.75) is 51.0 Å². The van der Waals surface area contributed by atoms with Gasteiger partial charge in [0.25, 0.3) is 0 Å². The monoisotopic (exact) mass is 310 g/mol. The molecular weight excluding hydrogens is 276 g/mol. The molecule has 2 fully saturated rings. The van der Waals surface area contributed by atoms with Gasteiger partial charge >= 0.3 is 0 Å². The number of hydrogen-bond acceptors (Lipinski definition) is 3. The van der Waals surface area contributed by atoms with Crippen LogP contribution in [0.5, 0.6) is 0 Å². The molecule has 0 aromatic heterocycles. The third kappa shape index (κ3) is 5.76. The first-order valence-corrected chi connectivity index (χ1v) is 9.01. The Hall–Kier alpha value is -0.810. The smallest absolute Gasteiger partial charge is 0.191 e. The van der Waals surface area contributed by atoms with Gasteiger partial charge < -0.3 is 15.4 Å². The van der Waals surface area contributed by atoms with Crippen LogP contribution in [0.25, 0.3) is 0 Å². The maximum atomic E-state index is 5.06. The largest absolute Gasteiger partial charge is 0.383 e. The van der Waals surface area contributed by atoms with E-state index in [1.165, 1.54) is 58.0 Å². The molecule has 2 N–H and O–H groups in total. The van der Waals surface area contributed by atoms with Crippen LogP contribution in [-0.4, -0.2) is 63.8 Å². The van der Waals surface area contributed by atoms with Crippen molar-refractivity contribution >= 4 is 5.96 Å². The molecule has 1 aliphatic heterocycles. The number of hydrogen-bond donors (Lipinski definition) is 2. The molecule has 5 heteroatoms. The minimum Gasteiger partial charge on any atom is -0.383 e. The highest BCUT2D eigenvalue weighted by atomic mass is 16.5. The van der Waals surface area contributed by atoms with Crippen LogP contribution in [0.2, 0.25) is 0 Å². The van der Waals surface area contributed by atoms with Gasteiger partial charge in [0, 0.05) is 39.8 Å². The van der Waals surface area contributed by atoms with Crippen molar-refractivity contribution in [3.05, 3.63) is 0 Å². The molecule has 0 spiro atoms. The summed E-state index contributed by atoms with van der Waals surface area (Å²) in [5.74, 6) is 1.83. The Kier molecular flexibility index (Phi) is 8.02. The van der Waals surface area contributed by atoms with Gasteiger partial charge in [0.15, 0.2) is 5.96 Å². The van der Waals surface area contributed by atoms with E-state index >= 15 is 0 Å². The SMILES string of the molecule is CN=C(NCCOC)NCC1CCCN1CC1CCCCC1. The highest BCUT2D eigenvalue weighted by molar-refractivity contribution is 5.79. The zero-order valence-corrected chi connectivity index (χ0v) is 14.4. The first kappa shape index (κ1) is 17.5. The number of likely N-dealkylation sites (tertiary alicyclic amines) is 1. The summed E-state index contributed by atoms with van der Waals surface area (Å²) in [6, 6.07) is 0.669. The molecule has 22 heavy (non-hydrogen) atoms. The molecule has 1 saturated heterocycles. The first-order chi connectivity index (χ1) is 10.8. The number of rotatable bonds is 7. The maximum Gasteiger partial charge on any atom is 0.191 e. The number of nitrogens with zero attached hydrogens (tertiary/aromatic N) is 2. The second-order valence-corrected chi connectivity index (χ2v) is 6.67. The second-order valence-electron chi connectivity index (χ2n) is 6.67. The van der Waals surface area contributed by atoms with Gasteiger partial charge in [-0.2, -0.15) is 0 Å². The lowest BCUT2D eigenvalue weighted by atomic mass is 9.89. The molecule has 1 unspecified atom stereocenters. The maximum absolute atomic E-state index is 5.06. The van der Waals surface area contributed by atoms with Crippen LogP contribution >= 0.6 is 0 Å². The molecule has 1 saturated carbocycles. The molecule has 2 rings (SSSR count). The van der Waals surface area contributed by atoms with Gasteiger partial charge in [0.05, 0.1) is 6.61 Å². The van der Waals surface area contributed by atoms with Gasteiger partial charge in [-0.25, -0.2) is 0 Å². The Morgan fingerprint density at radius 3 is 2.68 bits per heavy atom. The van der Waals surface area contributed by atoms with Gasteiger partial charge in [-0.3, -0.25) is 9.89 Å². The predicted molar refractivity (Wildman–Crippen MR) is 92.4 cm³/mol. The fourth-order valence-corrected chi connectivity index (χ4v) is 3.77. The van der Waals surface area contributed by atoms with E-state index < -0.39 is 0 Å². The predicted octanol–water partition coefficient (Wildman–Crippen LogP) is 1.84. The normalized spacial score (nSPS) is 24.6. The van der Waals surface area contributed by atoms with Crippen molar-refractivity contribution in [2.75, 3.05) is 46.9 Å². The zero-order chi connectivity index (χ0) is 15.6. The van der Waals surface area contributed by atoms with Crippen LogP contribution in [-0.2, 0) is 4.74 Å². The van der Waals surface area contributed by atoms with E-state index in [9.17, 15) is 0 Å². The van der Waals surface area contributed by atoms with Crippen LogP contribution in [0.3, 0.4) is 0 Å². The van der Waals surface area contributed by atoms with Crippen LogP contribution in [0.1, 0.15) is 44.9 Å². The molecule has 1 heterocycles. The Morgan fingerprint density at radius 1 is 1.14 bits per heavy atom. The van der Waals surface area contributed by atoms with Crippen LogP contribution < -0.4 is 10.6 Å². The van der Waals surface area contributed by atoms with E-state index in [-0.39, 0.29) is 0 Å². The lowest BCUT2D eigenvalue weighted by Crippen LogP contribution is -2.46. The van der Waals surface area contributed by atoms with E-state index in [1.54, 1.807) is 7.11 Å². The summed E-state index contributed by atoms with van der Waals surface area (Å²) in [7, 11) is 3.55. The van der Waals surface area contributed by atoms with E-state index in [0.29, 0.717) is 12.6 Å². The summed E-state index contributed by atoms with van der Waals surface area (Å²) in [6.45, 7) is 5.09. The Labute approximate surface area is 135 Å². The second kappa shape index (κ2) is 10.1. The summed E-state index contributed by atoms with van der Waals surface area (Å²) in [5, 5.41) is 6.77. The third-order valence-corrected chi connectivity index (χ3v) is 5.04. The van der Waals surface area contributed by atoms with Crippen LogP contribution in [0, 0.1) is 5.92 Å². The molecule has 0 aromatic rings. The number of aliphatic imine (C=N–C) groups is 1. The fraction of sp³-hybridized carbons (Fsp3) is 0.941. The molecule has 2 aliphatic rings. The summed E-state index contributed by atoms with van der Waals surface area (Å²) in [4.78, 5) is 7.00. The molecule has 0 amide bonds. The van der Waals surface area contributed by atoms with Crippen LogP contribution in [0.15, 0.2) is 4.99 Å². The lowest BCUT2D eigenvalue weighted by molar-refractivity contribution is 0.187. The Balaban J connectivity index is 1.70. The summed E-state index contributed by atoms with van der Waals surface area (Å²) >= 11 is 0. The zero-order valence-electron chi connectivity index (χ0n) is 14.4. The summed E-state index contributed by atoms with van der Waals surface area (Å²) < 4.78 is 5.06. The van der Waals surface area contributed by atoms with Gasteiger partial charge in [-0.05, 0) is 38.1 Å². The van der Waals surface area contributed by atoms with Crippen molar-refractivity contribution in [3.8, 4) is 0 Å². The van der Waals surface area contributed by atoms with Gasteiger partial charge in [-0.15, -0.1) is 0 Å². The minimum absolute atomic E-state index is 0.669. The average Bonchev–Trinajstić information content (AvgIpc) is 2.99. The van der Waals surface area contributed by atoms with Crippen molar-refractivity contribution in [3.63, 3.8) is 0 Å². The van der Waals surface area contributed by atoms with E-state index in [0.717, 1.165) is 25.0 Å². The van der Waals surface area contributed by atoms with Crippen molar-refractivity contribution in [1.29, 1.82) is 0 Å². The van der Waals surface area contributed by atoms with Crippen molar-refractivity contribution in [1.82, 2.24) is 15.5 Å². The molecule has 0 aromatic carbocycles. The number of guanidine groups is 1. The van der Waals surface area contributed by atoms with E-state index in [4.69, 9.17) is 4.74 Å². The van der Waals surface area contributed by atoms with Gasteiger partial charge in [0.1, 0.15) is 0 Å². The summed E-state index contributed by atoms with van der Waals surface area (Å²) in [6.07, 6.45) is 9.87. The molecule has 0 bridgehead atoms. The van der Waals surface area contributed by atoms with Crippen LogP contribution in [0.4, 0.5) is 0 Å². The molecule has 0 radical (unpaired) electrons. The topological polar surface area (TPSA) is 48.9 Å². The third-order valence-electron chi connectivity index (χ3n) is 5.04. The van der Waals surface area contributed by atoms with Crippen molar-refractivity contribution in [2.24, 2.45) is 10.9 Å². The Bertz CT molecular complexity index is 329. The quantitative estimate of drug-likeness (QED) is 0.428. The number of methoxy groups -OCH3 is 1. The fourth-order valence-electron chi connectivity index (χ4n) is 3.77. The molecule has 1 aliphatic carbocycles. The number of ether oxygens (including phenoxy) is 1. The van der Waals surface area contributed by atoms with Crippen molar-refractivity contribution < 1.29 is 4.74 Å². The van der Waals surface area contributed by atoms with Gasteiger partial charge in [-0.1, -0.05) is 19.3 Å². The Morgan fingerprint density at radius 2 is 1.95 bits per heavy atom. The van der Waals surface area contributed by atoms with Gasteiger partial charge in [0.2, 0.25) is 0 Å². The molecular formula is C17H34N4O. The molecule has 5 nitrogen and oxygen atoms in total. The van der Waals surface area contributed by atoms with E-state index in [2.05, 4.69) is 20.5 Å². The minimum atomic E-state index is 0.669. The standard InChI is InChI=1S/C17H34N4O/c1-18-17(19-10-12-22-2)20-13-16-9-6-11-21(16)14-15-7-4-3-5-8-15/h15-16H,3-14H2,1-2H3,(H2,18,19,20). The molecule has 128 valence electrons. The number of nitrogens with one attached hydrogen (secondary N) is 2. The first-order valence-electron chi connectivity index (χ1n) is 9.01. The lowest BCUT2D eigenvalue weighted by Gasteiger charge is -2.31. The van der Waals surface area contributed by atoms with E-state index in [1.807, 2.05) is 7.05 Å². The summed E-state index contributed by atoms with van der Waals surface area (Å²) in [5.41, 5.74) is 0. The molecule has 1 atom stereocenters.